The number of hydrogen-bond acceptors (Lipinski definition) is 2. The van der Waals surface area contributed by atoms with Gasteiger partial charge in [0.25, 0.3) is 0 Å². The molecule has 0 aliphatic carbocycles. The van der Waals surface area contributed by atoms with Crippen LogP contribution < -0.4 is 10.6 Å². The molecule has 0 aliphatic heterocycles. The minimum atomic E-state index is -0.266. The molecule has 0 radical (unpaired) electrons. The molecule has 0 aliphatic rings. The van der Waals surface area contributed by atoms with Gasteiger partial charge in [0, 0.05) is 19.6 Å². The zero-order valence-corrected chi connectivity index (χ0v) is 10.2. The van der Waals surface area contributed by atoms with E-state index in [0.717, 1.165) is 19.6 Å². The second-order valence-corrected chi connectivity index (χ2v) is 3.96. The Kier molecular flexibility index (Phi) is 13.7. The summed E-state index contributed by atoms with van der Waals surface area (Å²) in [7, 11) is 0. The van der Waals surface area contributed by atoms with Crippen molar-refractivity contribution in [2.75, 3.05) is 32.9 Å². The van der Waals surface area contributed by atoms with Gasteiger partial charge in [-0.25, -0.2) is 4.39 Å². The first-order chi connectivity index (χ1) is 7.41. The summed E-state index contributed by atoms with van der Waals surface area (Å²) in [6, 6.07) is 0. The van der Waals surface area contributed by atoms with Gasteiger partial charge in [-0.15, -0.1) is 0 Å². The standard InChI is InChI=1S/C12H27FN2/c1-2-3-4-5-6-7-9-14-11-12-15-10-8-13/h14-15H,2-12H2,1H3. The number of nitrogens with one attached hydrogen (secondary N) is 2. The Balaban J connectivity index is 2.81. The van der Waals surface area contributed by atoms with E-state index in [0.29, 0.717) is 6.54 Å². The van der Waals surface area contributed by atoms with Crippen LogP contribution in [0.4, 0.5) is 4.39 Å². The van der Waals surface area contributed by atoms with Gasteiger partial charge in [0.1, 0.15) is 6.67 Å². The Morgan fingerprint density at radius 2 is 1.33 bits per heavy atom. The molecule has 0 saturated carbocycles. The maximum absolute atomic E-state index is 11.7. The molecule has 2 N–H and O–H groups in total. The van der Waals surface area contributed by atoms with E-state index in [1.807, 2.05) is 0 Å². The van der Waals surface area contributed by atoms with Gasteiger partial charge in [-0.1, -0.05) is 39.0 Å². The van der Waals surface area contributed by atoms with Gasteiger partial charge in [-0.3, -0.25) is 0 Å². The van der Waals surface area contributed by atoms with Crippen molar-refractivity contribution in [2.24, 2.45) is 0 Å². The lowest BCUT2D eigenvalue weighted by Gasteiger charge is -2.05. The van der Waals surface area contributed by atoms with Crippen LogP contribution in [-0.4, -0.2) is 32.9 Å². The van der Waals surface area contributed by atoms with Crippen LogP contribution in [0.5, 0.6) is 0 Å². The molecular formula is C12H27FN2. The lowest BCUT2D eigenvalue weighted by Crippen LogP contribution is -2.29. The molecule has 0 heterocycles. The topological polar surface area (TPSA) is 24.1 Å². The van der Waals surface area contributed by atoms with Crippen molar-refractivity contribution >= 4 is 0 Å². The van der Waals surface area contributed by atoms with E-state index in [9.17, 15) is 4.39 Å². The number of halogens is 1. The van der Waals surface area contributed by atoms with Crippen LogP contribution in [0.15, 0.2) is 0 Å². The van der Waals surface area contributed by atoms with E-state index >= 15 is 0 Å². The van der Waals surface area contributed by atoms with Crippen LogP contribution in [0.3, 0.4) is 0 Å². The maximum atomic E-state index is 11.7. The molecule has 0 atom stereocenters. The van der Waals surface area contributed by atoms with Gasteiger partial charge in [0.05, 0.1) is 0 Å². The molecule has 0 spiro atoms. The van der Waals surface area contributed by atoms with Crippen molar-refractivity contribution in [1.29, 1.82) is 0 Å². The maximum Gasteiger partial charge on any atom is 0.102 e. The van der Waals surface area contributed by atoms with E-state index in [4.69, 9.17) is 0 Å². The van der Waals surface area contributed by atoms with Gasteiger partial charge in [0.2, 0.25) is 0 Å². The fraction of sp³-hybridized carbons (Fsp3) is 1.00. The zero-order chi connectivity index (χ0) is 11.2. The number of rotatable bonds is 12. The normalized spacial score (nSPS) is 10.8. The molecule has 0 rings (SSSR count). The molecule has 0 aromatic carbocycles. The zero-order valence-electron chi connectivity index (χ0n) is 10.2. The molecule has 0 aromatic rings. The smallest absolute Gasteiger partial charge is 0.102 e. The summed E-state index contributed by atoms with van der Waals surface area (Å²) < 4.78 is 11.7. The summed E-state index contributed by atoms with van der Waals surface area (Å²) in [6.45, 7) is 5.39. The number of alkyl halides is 1. The van der Waals surface area contributed by atoms with Crippen molar-refractivity contribution in [3.63, 3.8) is 0 Å². The molecule has 0 saturated heterocycles. The van der Waals surface area contributed by atoms with Crippen molar-refractivity contribution in [2.45, 2.75) is 45.4 Å². The molecule has 3 heteroatoms. The molecule has 0 aromatic heterocycles. The first-order valence-corrected chi connectivity index (χ1v) is 6.39. The van der Waals surface area contributed by atoms with Crippen LogP contribution in [0.1, 0.15) is 45.4 Å². The van der Waals surface area contributed by atoms with E-state index in [1.54, 1.807) is 0 Å². The van der Waals surface area contributed by atoms with Crippen LogP contribution in [0, 0.1) is 0 Å². The average molecular weight is 218 g/mol. The third-order valence-corrected chi connectivity index (χ3v) is 2.46. The number of hydrogen-bond donors (Lipinski definition) is 2. The van der Waals surface area contributed by atoms with Crippen LogP contribution >= 0.6 is 0 Å². The van der Waals surface area contributed by atoms with Crippen LogP contribution in [0.25, 0.3) is 0 Å². The Morgan fingerprint density at radius 3 is 2.00 bits per heavy atom. The van der Waals surface area contributed by atoms with Gasteiger partial charge in [-0.05, 0) is 13.0 Å². The van der Waals surface area contributed by atoms with Gasteiger partial charge >= 0.3 is 0 Å². The summed E-state index contributed by atoms with van der Waals surface area (Å²) in [5, 5.41) is 6.37. The highest BCUT2D eigenvalue weighted by atomic mass is 19.1. The highest BCUT2D eigenvalue weighted by molar-refractivity contribution is 4.52. The van der Waals surface area contributed by atoms with Crippen molar-refractivity contribution in [3.05, 3.63) is 0 Å². The summed E-state index contributed by atoms with van der Waals surface area (Å²) in [6.07, 6.45) is 8.06. The SMILES string of the molecule is CCCCCCCCNCCNCCF. The van der Waals surface area contributed by atoms with Crippen molar-refractivity contribution < 1.29 is 4.39 Å². The highest BCUT2D eigenvalue weighted by Gasteiger charge is 1.90. The Bertz CT molecular complexity index is 97.8. The van der Waals surface area contributed by atoms with E-state index in [-0.39, 0.29) is 6.67 Å². The van der Waals surface area contributed by atoms with Gasteiger partial charge < -0.3 is 10.6 Å². The van der Waals surface area contributed by atoms with Gasteiger partial charge in [0.15, 0.2) is 0 Å². The van der Waals surface area contributed by atoms with E-state index in [2.05, 4.69) is 17.6 Å². The molecule has 0 amide bonds. The summed E-state index contributed by atoms with van der Waals surface area (Å²) >= 11 is 0. The monoisotopic (exact) mass is 218 g/mol. The first-order valence-electron chi connectivity index (χ1n) is 6.39. The van der Waals surface area contributed by atoms with Crippen LogP contribution in [0.2, 0.25) is 0 Å². The Labute approximate surface area is 94.0 Å². The molecule has 2 nitrogen and oxygen atoms in total. The summed E-state index contributed by atoms with van der Waals surface area (Å²) in [4.78, 5) is 0. The second kappa shape index (κ2) is 13.8. The largest absolute Gasteiger partial charge is 0.315 e. The lowest BCUT2D eigenvalue weighted by atomic mass is 10.1. The third kappa shape index (κ3) is 13.9. The van der Waals surface area contributed by atoms with Crippen LogP contribution in [-0.2, 0) is 0 Å². The predicted octanol–water partition coefficient (Wildman–Crippen LogP) is 2.50. The highest BCUT2D eigenvalue weighted by Crippen LogP contribution is 2.03. The summed E-state index contributed by atoms with van der Waals surface area (Å²) in [5.74, 6) is 0. The molecular weight excluding hydrogens is 191 g/mol. The van der Waals surface area contributed by atoms with Crippen molar-refractivity contribution in [3.8, 4) is 0 Å². The predicted molar refractivity (Wildman–Crippen MR) is 65.1 cm³/mol. The van der Waals surface area contributed by atoms with E-state index in [1.165, 1.54) is 38.5 Å². The van der Waals surface area contributed by atoms with Crippen molar-refractivity contribution in [1.82, 2.24) is 10.6 Å². The first kappa shape index (κ1) is 14.8. The Morgan fingerprint density at radius 1 is 0.733 bits per heavy atom. The second-order valence-electron chi connectivity index (χ2n) is 3.96. The minimum Gasteiger partial charge on any atom is -0.315 e. The molecule has 0 bridgehead atoms. The fourth-order valence-electron chi connectivity index (χ4n) is 1.52. The minimum absolute atomic E-state index is 0.266. The molecule has 92 valence electrons. The summed E-state index contributed by atoms with van der Waals surface area (Å²) in [5.41, 5.74) is 0. The third-order valence-electron chi connectivity index (χ3n) is 2.46. The lowest BCUT2D eigenvalue weighted by molar-refractivity contribution is 0.463. The van der Waals surface area contributed by atoms with Gasteiger partial charge in [-0.2, -0.15) is 0 Å². The quantitative estimate of drug-likeness (QED) is 0.492. The molecule has 15 heavy (non-hydrogen) atoms. The fourth-order valence-corrected chi connectivity index (χ4v) is 1.52. The Hall–Kier alpha value is -0.150. The molecule has 0 unspecified atom stereocenters. The van der Waals surface area contributed by atoms with E-state index < -0.39 is 0 Å². The molecule has 0 fully saturated rings. The average Bonchev–Trinajstić information content (AvgIpc) is 2.26. The number of unbranched alkanes of at least 4 members (excludes halogenated alkanes) is 5.